The lowest BCUT2D eigenvalue weighted by Gasteiger charge is -2.48. The van der Waals surface area contributed by atoms with Gasteiger partial charge in [0.15, 0.2) is 5.75 Å². The zero-order valence-electron chi connectivity index (χ0n) is 34.9. The van der Waals surface area contributed by atoms with E-state index in [1.165, 1.54) is 108 Å². The van der Waals surface area contributed by atoms with Crippen molar-refractivity contribution in [1.29, 1.82) is 0 Å². The molecule has 0 radical (unpaired) electrons. The van der Waals surface area contributed by atoms with Gasteiger partial charge in [-0.2, -0.15) is 0 Å². The van der Waals surface area contributed by atoms with Crippen molar-refractivity contribution in [3.05, 3.63) is 63.7 Å². The first kappa shape index (κ1) is 43.9. The first-order valence-corrected chi connectivity index (χ1v) is 22.0. The van der Waals surface area contributed by atoms with Crippen molar-refractivity contribution in [2.24, 2.45) is 0 Å². The molecule has 2 aromatic carbocycles. The van der Waals surface area contributed by atoms with Crippen LogP contribution in [0, 0.1) is 10.1 Å². The maximum absolute atomic E-state index is 12.3. The van der Waals surface area contributed by atoms with Crippen molar-refractivity contribution in [2.75, 3.05) is 82.3 Å². The first-order chi connectivity index (χ1) is 27.4. The zero-order valence-corrected chi connectivity index (χ0v) is 34.9. The zero-order chi connectivity index (χ0) is 39.5. The highest BCUT2D eigenvalue weighted by Crippen LogP contribution is 2.56. The smallest absolute Gasteiger partial charge is 0.272 e. The van der Waals surface area contributed by atoms with E-state index in [0.717, 1.165) is 13.0 Å². The fraction of sp³-hybridized carbons (Fsp3) is 0.696. The summed E-state index contributed by atoms with van der Waals surface area (Å²) in [6.07, 6.45) is 25.6. The Labute approximate surface area is 337 Å². The van der Waals surface area contributed by atoms with Crippen molar-refractivity contribution in [3.63, 3.8) is 0 Å². The maximum Gasteiger partial charge on any atom is 0.272 e. The number of nitro groups is 1. The van der Waals surface area contributed by atoms with E-state index in [-0.39, 0.29) is 10.6 Å². The number of nitrogens with zero attached hydrogens (tertiary/aromatic N) is 3. The summed E-state index contributed by atoms with van der Waals surface area (Å²) in [5.41, 5.74) is 2.62. The van der Waals surface area contributed by atoms with E-state index in [1.807, 2.05) is 6.08 Å². The van der Waals surface area contributed by atoms with Crippen LogP contribution in [-0.4, -0.2) is 83.1 Å². The van der Waals surface area contributed by atoms with Crippen LogP contribution < -0.4 is 14.5 Å². The minimum absolute atomic E-state index is 0.0291. The molecule has 5 rings (SSSR count). The Morgan fingerprint density at radius 3 is 1.70 bits per heavy atom. The third-order valence-electron chi connectivity index (χ3n) is 11.9. The maximum atomic E-state index is 12.3. The summed E-state index contributed by atoms with van der Waals surface area (Å²) in [6.45, 7) is 12.5. The van der Waals surface area contributed by atoms with Gasteiger partial charge < -0.3 is 33.5 Å². The third-order valence-corrected chi connectivity index (χ3v) is 11.9. The Bertz CT molecular complexity index is 1480. The lowest BCUT2D eigenvalue weighted by molar-refractivity contribution is -0.384. The summed E-state index contributed by atoms with van der Waals surface area (Å²) in [7, 11) is 0. The van der Waals surface area contributed by atoms with E-state index in [9.17, 15) is 10.1 Å². The second-order valence-electron chi connectivity index (χ2n) is 16.3. The Morgan fingerprint density at radius 1 is 0.661 bits per heavy atom. The van der Waals surface area contributed by atoms with Gasteiger partial charge in [-0.05, 0) is 44.1 Å². The minimum Gasteiger partial charge on any atom is -0.461 e. The minimum atomic E-state index is -0.813. The van der Waals surface area contributed by atoms with E-state index < -0.39 is 11.1 Å². The third kappa shape index (κ3) is 11.9. The number of rotatable bonds is 19. The van der Waals surface area contributed by atoms with Crippen LogP contribution in [0.15, 0.2) is 42.5 Å². The average Bonchev–Trinajstić information content (AvgIpc) is 3.36. The molecular formula is C46H71N3O7. The number of benzene rings is 2. The fourth-order valence-corrected chi connectivity index (χ4v) is 8.58. The number of nitro benzene ring substituents is 1. The van der Waals surface area contributed by atoms with Gasteiger partial charge >= 0.3 is 0 Å². The summed E-state index contributed by atoms with van der Waals surface area (Å²) in [5.74, 6) is 0.653. The topological polar surface area (TPSA) is 95.8 Å². The highest BCUT2D eigenvalue weighted by molar-refractivity contribution is 5.79. The summed E-state index contributed by atoms with van der Waals surface area (Å²) in [4.78, 5) is 16.5. The number of hydrogen-bond acceptors (Lipinski definition) is 9. The normalized spacial score (nSPS) is 20.3. The molecule has 2 aromatic rings. The molecule has 1 saturated heterocycles. The number of ether oxygens (including phenoxy) is 5. The molecule has 1 unspecified atom stereocenters. The molecule has 0 bridgehead atoms. The molecule has 1 atom stereocenters. The molecule has 0 aromatic heterocycles. The van der Waals surface area contributed by atoms with Crippen LogP contribution in [0.4, 0.5) is 17.1 Å². The number of non-ortho nitro benzene ring substituents is 1. The molecule has 1 spiro atoms. The van der Waals surface area contributed by atoms with Crippen LogP contribution in [0.1, 0.15) is 135 Å². The van der Waals surface area contributed by atoms with Gasteiger partial charge in [-0.3, -0.25) is 10.1 Å². The fourth-order valence-electron chi connectivity index (χ4n) is 8.58. The van der Waals surface area contributed by atoms with E-state index in [4.69, 9.17) is 23.7 Å². The number of hydrogen-bond donors (Lipinski definition) is 0. The predicted octanol–water partition coefficient (Wildman–Crippen LogP) is 10.6. The van der Waals surface area contributed by atoms with Gasteiger partial charge in [0.05, 0.1) is 68.9 Å². The van der Waals surface area contributed by atoms with Crippen LogP contribution in [0.5, 0.6) is 5.75 Å². The van der Waals surface area contributed by atoms with E-state index in [0.29, 0.717) is 82.9 Å². The number of anilines is 2. The van der Waals surface area contributed by atoms with Crippen molar-refractivity contribution in [1.82, 2.24) is 0 Å². The number of unbranched alkanes of at least 4 members (excludes halogenated alkanes) is 15. The highest BCUT2D eigenvalue weighted by atomic mass is 16.6. The Hall–Kier alpha value is -3.18. The van der Waals surface area contributed by atoms with Gasteiger partial charge in [-0.1, -0.05) is 121 Å². The monoisotopic (exact) mass is 778 g/mol. The van der Waals surface area contributed by atoms with Crippen molar-refractivity contribution in [3.8, 4) is 5.75 Å². The average molecular weight is 778 g/mol. The number of para-hydroxylation sites is 1. The highest BCUT2D eigenvalue weighted by Gasteiger charge is 2.59. The Morgan fingerprint density at radius 2 is 1.16 bits per heavy atom. The molecule has 0 aliphatic carbocycles. The SMILES string of the molecule is CCCCCCCCCCCCCCCCCCN1c2ccccc2C(C)(C)C12C=Cc1cc([N+](=O)[O-])cc(N3CCOCCOCCOCCOCC3)c1O2. The second kappa shape index (κ2) is 23.3. The molecule has 0 N–H and O–H groups in total. The van der Waals surface area contributed by atoms with Gasteiger partial charge in [0, 0.05) is 43.0 Å². The molecule has 3 heterocycles. The molecule has 10 heteroatoms. The lowest BCUT2D eigenvalue weighted by Crippen LogP contribution is -2.60. The summed E-state index contributed by atoms with van der Waals surface area (Å²) >= 11 is 0. The molecule has 0 amide bonds. The van der Waals surface area contributed by atoms with Crippen LogP contribution in [0.3, 0.4) is 0 Å². The van der Waals surface area contributed by atoms with Gasteiger partial charge in [0.1, 0.15) is 0 Å². The number of fused-ring (bicyclic) bond motifs is 2. The van der Waals surface area contributed by atoms with Crippen LogP contribution in [0.25, 0.3) is 6.08 Å². The summed E-state index contributed by atoms with van der Waals surface area (Å²) in [6, 6.07) is 11.9. The van der Waals surface area contributed by atoms with Gasteiger partial charge in [-0.25, -0.2) is 0 Å². The second-order valence-corrected chi connectivity index (χ2v) is 16.3. The van der Waals surface area contributed by atoms with Crippen molar-refractivity contribution in [2.45, 2.75) is 135 Å². The van der Waals surface area contributed by atoms with Crippen molar-refractivity contribution >= 4 is 23.1 Å². The summed E-state index contributed by atoms with van der Waals surface area (Å²) in [5, 5.41) is 12.3. The lowest BCUT2D eigenvalue weighted by atomic mass is 9.76. The van der Waals surface area contributed by atoms with Gasteiger partial charge in [-0.15, -0.1) is 0 Å². The molecule has 312 valence electrons. The quantitative estimate of drug-likeness (QED) is 0.0785. The predicted molar refractivity (Wildman–Crippen MR) is 227 cm³/mol. The molecular weight excluding hydrogens is 707 g/mol. The standard InChI is InChI=1S/C46H71N3O7/c1-4-5-6-7-8-9-10-11-12-13-14-15-16-17-18-21-26-48-42-23-20-19-22-41(42)45(2,3)46(48)25-24-39-37-40(49(50)51)38-43(44(39)56-46)47-27-29-52-31-33-54-35-36-55-34-32-53-30-28-47/h19-20,22-25,37-38H,4-18,21,26-36H2,1-3H3. The molecule has 56 heavy (non-hydrogen) atoms. The first-order valence-electron chi connectivity index (χ1n) is 22.0. The molecule has 10 nitrogen and oxygen atoms in total. The molecule has 0 saturated carbocycles. The van der Waals surface area contributed by atoms with Crippen molar-refractivity contribution < 1.29 is 28.6 Å². The van der Waals surface area contributed by atoms with E-state index >= 15 is 0 Å². The van der Waals surface area contributed by atoms with Gasteiger partial charge in [0.2, 0.25) is 5.72 Å². The van der Waals surface area contributed by atoms with E-state index in [2.05, 4.69) is 60.9 Å². The Balaban J connectivity index is 1.24. The molecule has 1 fully saturated rings. The largest absolute Gasteiger partial charge is 0.461 e. The van der Waals surface area contributed by atoms with E-state index in [1.54, 1.807) is 12.1 Å². The molecule has 3 aliphatic rings. The van der Waals surface area contributed by atoms with Crippen LogP contribution in [-0.2, 0) is 24.4 Å². The molecule has 3 aliphatic heterocycles. The van der Waals surface area contributed by atoms with Gasteiger partial charge in [0.25, 0.3) is 5.69 Å². The Kier molecular flexibility index (Phi) is 18.3. The summed E-state index contributed by atoms with van der Waals surface area (Å²) < 4.78 is 30.5. The van der Waals surface area contributed by atoms with Crippen LogP contribution >= 0.6 is 0 Å². The van der Waals surface area contributed by atoms with Crippen LogP contribution in [0.2, 0.25) is 0 Å².